The topological polar surface area (TPSA) is 53.1 Å². The molecule has 84 valence electrons. The molecule has 0 bridgehead atoms. The zero-order valence-corrected chi connectivity index (χ0v) is 9.07. The molecule has 1 aromatic carbocycles. The zero-order valence-electron chi connectivity index (χ0n) is 9.07. The summed E-state index contributed by atoms with van der Waals surface area (Å²) in [5, 5.41) is 9.74. The van der Waals surface area contributed by atoms with Gasteiger partial charge in [0.1, 0.15) is 0 Å². The minimum absolute atomic E-state index is 0.264. The molecule has 0 aliphatic heterocycles. The first-order valence-electron chi connectivity index (χ1n) is 5.54. The van der Waals surface area contributed by atoms with Crippen LogP contribution in [-0.4, -0.2) is 16.1 Å². The van der Waals surface area contributed by atoms with Crippen LogP contribution < -0.4 is 0 Å². The van der Waals surface area contributed by atoms with Crippen molar-refractivity contribution in [2.75, 3.05) is 0 Å². The van der Waals surface area contributed by atoms with E-state index in [2.05, 4.69) is 23.2 Å². The van der Waals surface area contributed by atoms with Crippen molar-refractivity contribution in [3.63, 3.8) is 0 Å². The van der Waals surface area contributed by atoms with Crippen molar-refractivity contribution in [2.45, 2.75) is 25.7 Å². The summed E-state index contributed by atoms with van der Waals surface area (Å²) in [5.74, 6) is -0.711. The Morgan fingerprint density at radius 1 is 1.25 bits per heavy atom. The van der Waals surface area contributed by atoms with Crippen LogP contribution in [0.15, 0.2) is 30.3 Å². The highest BCUT2D eigenvalue weighted by Gasteiger charge is 2.01. The molecular formula is C13H15NO2. The Morgan fingerprint density at radius 3 is 2.81 bits per heavy atom. The second kappa shape index (κ2) is 4.84. The average molecular weight is 217 g/mol. The van der Waals surface area contributed by atoms with Gasteiger partial charge in [-0.25, -0.2) is 0 Å². The van der Waals surface area contributed by atoms with Crippen LogP contribution in [0.3, 0.4) is 0 Å². The number of para-hydroxylation sites is 1. The Balaban J connectivity index is 1.92. The van der Waals surface area contributed by atoms with Crippen LogP contribution in [0.4, 0.5) is 0 Å². The van der Waals surface area contributed by atoms with E-state index in [-0.39, 0.29) is 6.42 Å². The highest BCUT2D eigenvalue weighted by molar-refractivity contribution is 5.80. The van der Waals surface area contributed by atoms with Crippen LogP contribution in [0.1, 0.15) is 25.0 Å². The minimum atomic E-state index is -0.711. The third-order valence-electron chi connectivity index (χ3n) is 2.67. The summed E-state index contributed by atoms with van der Waals surface area (Å²) in [4.78, 5) is 13.7. The normalized spacial score (nSPS) is 10.8. The summed E-state index contributed by atoms with van der Waals surface area (Å²) in [5.41, 5.74) is 2.34. The summed E-state index contributed by atoms with van der Waals surface area (Å²) in [6.07, 6.45) is 2.84. The van der Waals surface area contributed by atoms with Gasteiger partial charge in [-0.05, 0) is 36.8 Å². The van der Waals surface area contributed by atoms with Crippen molar-refractivity contribution in [1.82, 2.24) is 4.98 Å². The molecule has 0 radical (unpaired) electrons. The number of H-pyrrole nitrogens is 1. The number of aromatic amines is 1. The quantitative estimate of drug-likeness (QED) is 0.756. The second-order valence-corrected chi connectivity index (χ2v) is 3.98. The number of hydrogen-bond donors (Lipinski definition) is 2. The lowest BCUT2D eigenvalue weighted by Crippen LogP contribution is -1.94. The predicted molar refractivity (Wildman–Crippen MR) is 63.5 cm³/mol. The standard InChI is InChI=1S/C13H15NO2/c15-13(16)8-4-2-6-11-9-10-5-1-3-7-12(10)14-11/h1,3,5,7,9,14H,2,4,6,8H2,(H,15,16). The fourth-order valence-corrected chi connectivity index (χ4v) is 1.86. The molecule has 2 aromatic rings. The molecule has 0 saturated heterocycles. The van der Waals surface area contributed by atoms with Crippen molar-refractivity contribution < 1.29 is 9.90 Å². The molecule has 16 heavy (non-hydrogen) atoms. The Hall–Kier alpha value is -1.77. The third kappa shape index (κ3) is 2.63. The average Bonchev–Trinajstić information content (AvgIpc) is 2.66. The Kier molecular flexibility index (Phi) is 3.25. The SMILES string of the molecule is O=C(O)CCCCc1cc2ccccc2[nH]1. The fraction of sp³-hybridized carbons (Fsp3) is 0.308. The van der Waals surface area contributed by atoms with E-state index in [9.17, 15) is 4.79 Å². The van der Waals surface area contributed by atoms with E-state index in [0.717, 1.165) is 24.8 Å². The van der Waals surface area contributed by atoms with Crippen LogP contribution in [0.5, 0.6) is 0 Å². The van der Waals surface area contributed by atoms with E-state index < -0.39 is 5.97 Å². The van der Waals surface area contributed by atoms with Crippen molar-refractivity contribution in [3.05, 3.63) is 36.0 Å². The first-order chi connectivity index (χ1) is 7.75. The summed E-state index contributed by atoms with van der Waals surface area (Å²) in [6, 6.07) is 10.3. The maximum absolute atomic E-state index is 10.3. The maximum Gasteiger partial charge on any atom is 0.303 e. The van der Waals surface area contributed by atoms with Crippen molar-refractivity contribution in [3.8, 4) is 0 Å². The van der Waals surface area contributed by atoms with Gasteiger partial charge in [0.05, 0.1) is 0 Å². The number of rotatable bonds is 5. The highest BCUT2D eigenvalue weighted by atomic mass is 16.4. The number of aromatic nitrogens is 1. The molecule has 2 N–H and O–H groups in total. The smallest absolute Gasteiger partial charge is 0.303 e. The molecule has 0 atom stereocenters. The van der Waals surface area contributed by atoms with Crippen molar-refractivity contribution in [1.29, 1.82) is 0 Å². The van der Waals surface area contributed by atoms with Gasteiger partial charge in [0.2, 0.25) is 0 Å². The number of aryl methyl sites for hydroxylation is 1. The lowest BCUT2D eigenvalue weighted by Gasteiger charge is -1.96. The van der Waals surface area contributed by atoms with E-state index in [1.54, 1.807) is 0 Å². The molecule has 0 aliphatic carbocycles. The van der Waals surface area contributed by atoms with Gasteiger partial charge in [-0.15, -0.1) is 0 Å². The zero-order chi connectivity index (χ0) is 11.4. The van der Waals surface area contributed by atoms with Gasteiger partial charge in [-0.3, -0.25) is 4.79 Å². The van der Waals surface area contributed by atoms with Gasteiger partial charge < -0.3 is 10.1 Å². The van der Waals surface area contributed by atoms with E-state index in [0.29, 0.717) is 0 Å². The van der Waals surface area contributed by atoms with E-state index in [1.165, 1.54) is 11.1 Å². The van der Waals surface area contributed by atoms with Gasteiger partial charge in [0.25, 0.3) is 0 Å². The summed E-state index contributed by atoms with van der Waals surface area (Å²) < 4.78 is 0. The fourth-order valence-electron chi connectivity index (χ4n) is 1.86. The number of fused-ring (bicyclic) bond motifs is 1. The number of carbonyl (C=O) groups is 1. The van der Waals surface area contributed by atoms with Crippen molar-refractivity contribution in [2.24, 2.45) is 0 Å². The number of aliphatic carboxylic acids is 1. The van der Waals surface area contributed by atoms with Crippen LogP contribution in [0.25, 0.3) is 10.9 Å². The molecule has 0 aliphatic rings. The van der Waals surface area contributed by atoms with E-state index in [1.807, 2.05) is 12.1 Å². The number of carboxylic acid groups (broad SMARTS) is 1. The van der Waals surface area contributed by atoms with Crippen LogP contribution in [0, 0.1) is 0 Å². The van der Waals surface area contributed by atoms with Gasteiger partial charge >= 0.3 is 5.97 Å². The number of benzene rings is 1. The predicted octanol–water partition coefficient (Wildman–Crippen LogP) is 2.97. The van der Waals surface area contributed by atoms with Crippen LogP contribution in [0.2, 0.25) is 0 Å². The number of unbranched alkanes of at least 4 members (excludes halogenated alkanes) is 1. The number of carboxylic acids is 1. The summed E-state index contributed by atoms with van der Waals surface area (Å²) >= 11 is 0. The molecule has 0 spiro atoms. The van der Waals surface area contributed by atoms with E-state index >= 15 is 0 Å². The van der Waals surface area contributed by atoms with Crippen molar-refractivity contribution >= 4 is 16.9 Å². The molecule has 3 heteroatoms. The van der Waals surface area contributed by atoms with E-state index in [4.69, 9.17) is 5.11 Å². The summed E-state index contributed by atoms with van der Waals surface area (Å²) in [7, 11) is 0. The third-order valence-corrected chi connectivity index (χ3v) is 2.67. The largest absolute Gasteiger partial charge is 0.481 e. The van der Waals surface area contributed by atoms with Gasteiger partial charge in [-0.2, -0.15) is 0 Å². The minimum Gasteiger partial charge on any atom is -0.481 e. The number of hydrogen-bond acceptors (Lipinski definition) is 1. The summed E-state index contributed by atoms with van der Waals surface area (Å²) in [6.45, 7) is 0. The van der Waals surface area contributed by atoms with Crippen LogP contribution >= 0.6 is 0 Å². The Bertz CT molecular complexity index is 454. The van der Waals surface area contributed by atoms with Gasteiger partial charge in [0, 0.05) is 17.6 Å². The molecule has 2 rings (SSSR count). The monoisotopic (exact) mass is 217 g/mol. The second-order valence-electron chi connectivity index (χ2n) is 3.98. The van der Waals surface area contributed by atoms with Gasteiger partial charge in [-0.1, -0.05) is 18.2 Å². The molecule has 3 nitrogen and oxygen atoms in total. The molecule has 1 heterocycles. The Morgan fingerprint density at radius 2 is 2.06 bits per heavy atom. The van der Waals surface area contributed by atoms with Gasteiger partial charge in [0.15, 0.2) is 0 Å². The maximum atomic E-state index is 10.3. The molecule has 0 unspecified atom stereocenters. The highest BCUT2D eigenvalue weighted by Crippen LogP contribution is 2.16. The first kappa shape index (κ1) is 10.7. The lowest BCUT2D eigenvalue weighted by molar-refractivity contribution is -0.137. The lowest BCUT2D eigenvalue weighted by atomic mass is 10.1. The molecular weight excluding hydrogens is 202 g/mol. The Labute approximate surface area is 94.1 Å². The molecule has 0 fully saturated rings. The first-order valence-corrected chi connectivity index (χ1v) is 5.54. The molecule has 0 amide bonds. The van der Waals surface area contributed by atoms with Crippen LogP contribution in [-0.2, 0) is 11.2 Å². The number of nitrogens with one attached hydrogen (secondary N) is 1. The molecule has 1 aromatic heterocycles. The molecule has 0 saturated carbocycles.